The molecule has 0 fully saturated rings. The van der Waals surface area contributed by atoms with Crippen LogP contribution < -0.4 is 4.72 Å². The summed E-state index contributed by atoms with van der Waals surface area (Å²) in [6, 6.07) is 14.2. The van der Waals surface area contributed by atoms with Crippen LogP contribution in [0.2, 0.25) is 5.02 Å². The van der Waals surface area contributed by atoms with Crippen LogP contribution >= 0.6 is 11.6 Å². The van der Waals surface area contributed by atoms with Gasteiger partial charge in [0.1, 0.15) is 22.2 Å². The Bertz CT molecular complexity index is 1310. The van der Waals surface area contributed by atoms with Gasteiger partial charge in [-0.05, 0) is 36.4 Å². The highest BCUT2D eigenvalue weighted by Gasteiger charge is 2.20. The summed E-state index contributed by atoms with van der Waals surface area (Å²) in [4.78, 5) is -0.643. The van der Waals surface area contributed by atoms with Crippen molar-refractivity contribution in [3.8, 4) is 11.3 Å². The number of benzene rings is 3. The largest absolute Gasteiger partial charge is 0.279 e. The van der Waals surface area contributed by atoms with Gasteiger partial charge in [-0.15, -0.1) is 0 Å². The molecule has 0 unspecified atom stereocenters. The summed E-state index contributed by atoms with van der Waals surface area (Å²) in [6.07, 6.45) is 0. The number of fused-ring (bicyclic) bond motifs is 1. The van der Waals surface area contributed by atoms with Crippen molar-refractivity contribution in [2.75, 3.05) is 4.72 Å². The number of nitrogens with one attached hydrogen (secondary N) is 2. The Balaban J connectivity index is 1.70. The lowest BCUT2D eigenvalue weighted by Crippen LogP contribution is -2.14. The molecule has 9 heteroatoms. The normalized spacial score (nSPS) is 11.7. The van der Waals surface area contributed by atoms with Gasteiger partial charge in [-0.1, -0.05) is 29.8 Å². The van der Waals surface area contributed by atoms with Gasteiger partial charge in [-0.2, -0.15) is 5.10 Å². The molecule has 3 aromatic carbocycles. The maximum atomic E-state index is 13.8. The fourth-order valence-electron chi connectivity index (χ4n) is 2.84. The fraction of sp³-hybridized carbons (Fsp3) is 0. The van der Waals surface area contributed by atoms with Crippen LogP contribution in [-0.4, -0.2) is 18.6 Å². The van der Waals surface area contributed by atoms with Crippen LogP contribution in [-0.2, 0) is 10.0 Å². The molecular weight excluding hydrogens is 408 g/mol. The first kappa shape index (κ1) is 18.4. The van der Waals surface area contributed by atoms with Crippen LogP contribution in [0.1, 0.15) is 0 Å². The number of aromatic amines is 1. The van der Waals surface area contributed by atoms with Crippen LogP contribution in [0.5, 0.6) is 0 Å². The minimum Gasteiger partial charge on any atom is -0.279 e. The van der Waals surface area contributed by atoms with Crippen LogP contribution in [0, 0.1) is 11.6 Å². The molecule has 4 rings (SSSR count). The van der Waals surface area contributed by atoms with Crippen molar-refractivity contribution in [3.63, 3.8) is 0 Å². The van der Waals surface area contributed by atoms with Crippen molar-refractivity contribution in [1.29, 1.82) is 0 Å². The van der Waals surface area contributed by atoms with E-state index in [1.165, 1.54) is 12.1 Å². The number of aromatic nitrogens is 2. The van der Waals surface area contributed by atoms with Gasteiger partial charge in [-0.3, -0.25) is 9.82 Å². The molecule has 0 saturated carbocycles. The molecule has 1 heterocycles. The molecule has 0 aliphatic carbocycles. The lowest BCUT2D eigenvalue weighted by atomic mass is 10.1. The van der Waals surface area contributed by atoms with Crippen molar-refractivity contribution in [1.82, 2.24) is 10.2 Å². The van der Waals surface area contributed by atoms with E-state index in [4.69, 9.17) is 11.6 Å². The van der Waals surface area contributed by atoms with Gasteiger partial charge in [-0.25, -0.2) is 17.2 Å². The van der Waals surface area contributed by atoms with E-state index < -0.39 is 26.6 Å². The summed E-state index contributed by atoms with van der Waals surface area (Å²) in [5.41, 5.74) is 2.12. The number of halogens is 3. The molecule has 0 amide bonds. The Morgan fingerprint density at radius 1 is 1.00 bits per heavy atom. The summed E-state index contributed by atoms with van der Waals surface area (Å²) < 4.78 is 54.0. The standard InChI is InChI=1S/C19H12ClF2N3O2S/c20-15-4-2-1-3-13(15)19-14-7-6-12(10-17(14)23-24-19)25-28(26,27)18-8-5-11(21)9-16(18)22/h1-10,25H,(H,23,24). The zero-order valence-corrected chi connectivity index (χ0v) is 15.7. The van der Waals surface area contributed by atoms with Gasteiger partial charge in [0.05, 0.1) is 16.2 Å². The summed E-state index contributed by atoms with van der Waals surface area (Å²) in [5.74, 6) is -2.03. The number of rotatable bonds is 4. The third kappa shape index (κ3) is 3.32. The summed E-state index contributed by atoms with van der Waals surface area (Å²) in [5, 5.41) is 8.36. The van der Waals surface area contributed by atoms with Gasteiger partial charge in [0.2, 0.25) is 0 Å². The highest BCUT2D eigenvalue weighted by molar-refractivity contribution is 7.92. The maximum Gasteiger partial charge on any atom is 0.264 e. The third-order valence-corrected chi connectivity index (χ3v) is 5.87. The van der Waals surface area contributed by atoms with Crippen LogP contribution in [0.15, 0.2) is 65.6 Å². The average Bonchev–Trinajstić information content (AvgIpc) is 3.04. The van der Waals surface area contributed by atoms with Crippen LogP contribution in [0.4, 0.5) is 14.5 Å². The van der Waals surface area contributed by atoms with Gasteiger partial charge >= 0.3 is 0 Å². The number of nitrogens with zero attached hydrogens (tertiary/aromatic N) is 1. The zero-order chi connectivity index (χ0) is 19.9. The number of H-pyrrole nitrogens is 1. The lowest BCUT2D eigenvalue weighted by Gasteiger charge is -2.09. The predicted octanol–water partition coefficient (Wildman–Crippen LogP) is 4.96. The van der Waals surface area contributed by atoms with E-state index in [-0.39, 0.29) is 5.69 Å². The molecular formula is C19H12ClF2N3O2S. The van der Waals surface area contributed by atoms with Crippen molar-refractivity contribution >= 4 is 38.2 Å². The minimum atomic E-state index is -4.23. The lowest BCUT2D eigenvalue weighted by molar-refractivity contribution is 0.551. The topological polar surface area (TPSA) is 74.8 Å². The highest BCUT2D eigenvalue weighted by atomic mass is 35.5. The van der Waals surface area contributed by atoms with E-state index >= 15 is 0 Å². The monoisotopic (exact) mass is 419 g/mol. The Hall–Kier alpha value is -2.97. The molecule has 0 atom stereocenters. The van der Waals surface area contributed by atoms with E-state index in [2.05, 4.69) is 14.9 Å². The molecule has 142 valence electrons. The van der Waals surface area contributed by atoms with Crippen molar-refractivity contribution in [2.45, 2.75) is 4.90 Å². The predicted molar refractivity (Wildman–Crippen MR) is 104 cm³/mol. The molecule has 0 aliphatic heterocycles. The average molecular weight is 420 g/mol. The van der Waals surface area contributed by atoms with Gasteiger partial charge in [0, 0.05) is 17.0 Å². The Labute approximate surface area is 164 Å². The number of anilines is 1. The van der Waals surface area contributed by atoms with Crippen molar-refractivity contribution < 1.29 is 17.2 Å². The Morgan fingerprint density at radius 3 is 2.54 bits per heavy atom. The van der Waals surface area contributed by atoms with Crippen molar-refractivity contribution in [2.24, 2.45) is 0 Å². The smallest absolute Gasteiger partial charge is 0.264 e. The second-order valence-electron chi connectivity index (χ2n) is 5.99. The van der Waals surface area contributed by atoms with Gasteiger partial charge in [0.15, 0.2) is 0 Å². The summed E-state index contributed by atoms with van der Waals surface area (Å²) >= 11 is 6.22. The SMILES string of the molecule is O=S(=O)(Nc1ccc2c(-c3ccccc3Cl)n[nH]c2c1)c1ccc(F)cc1F. The van der Waals surface area contributed by atoms with Gasteiger partial charge in [0.25, 0.3) is 10.0 Å². The second kappa shape index (κ2) is 6.88. The molecule has 2 N–H and O–H groups in total. The first-order chi connectivity index (χ1) is 13.3. The fourth-order valence-corrected chi connectivity index (χ4v) is 4.18. The van der Waals surface area contributed by atoms with E-state index in [1.54, 1.807) is 12.1 Å². The number of hydrogen-bond acceptors (Lipinski definition) is 3. The molecule has 28 heavy (non-hydrogen) atoms. The van der Waals surface area contributed by atoms with Crippen LogP contribution in [0.25, 0.3) is 22.2 Å². The van der Waals surface area contributed by atoms with Crippen LogP contribution in [0.3, 0.4) is 0 Å². The Morgan fingerprint density at radius 2 is 1.79 bits per heavy atom. The Kier molecular flexibility index (Phi) is 4.52. The molecule has 4 aromatic rings. The van der Waals surface area contributed by atoms with E-state index in [1.807, 2.05) is 18.2 Å². The molecule has 5 nitrogen and oxygen atoms in total. The minimum absolute atomic E-state index is 0.200. The molecule has 0 spiro atoms. The third-order valence-electron chi connectivity index (χ3n) is 4.13. The number of sulfonamides is 1. The van der Waals surface area contributed by atoms with E-state index in [0.29, 0.717) is 22.3 Å². The summed E-state index contributed by atoms with van der Waals surface area (Å²) in [6.45, 7) is 0. The molecule has 0 saturated heterocycles. The quantitative estimate of drug-likeness (QED) is 0.490. The first-order valence-electron chi connectivity index (χ1n) is 8.06. The molecule has 1 aromatic heterocycles. The second-order valence-corrected chi connectivity index (χ2v) is 8.05. The molecule has 0 aliphatic rings. The first-order valence-corrected chi connectivity index (χ1v) is 9.92. The summed E-state index contributed by atoms with van der Waals surface area (Å²) in [7, 11) is -4.23. The number of hydrogen-bond donors (Lipinski definition) is 2. The molecule has 0 radical (unpaired) electrons. The zero-order valence-electron chi connectivity index (χ0n) is 14.1. The van der Waals surface area contributed by atoms with Crippen molar-refractivity contribution in [3.05, 3.63) is 77.3 Å². The molecule has 0 bridgehead atoms. The van der Waals surface area contributed by atoms with E-state index in [9.17, 15) is 17.2 Å². The van der Waals surface area contributed by atoms with Gasteiger partial charge < -0.3 is 0 Å². The van der Waals surface area contributed by atoms with E-state index in [0.717, 1.165) is 23.1 Å². The highest BCUT2D eigenvalue weighted by Crippen LogP contribution is 2.33. The maximum absolute atomic E-state index is 13.8.